The third kappa shape index (κ3) is 2.75. The number of piperidine rings is 1. The summed E-state index contributed by atoms with van der Waals surface area (Å²) in [4.78, 5) is 13.8. The van der Waals surface area contributed by atoms with Crippen molar-refractivity contribution >= 4 is 17.5 Å². The van der Waals surface area contributed by atoms with Crippen LogP contribution in [0.5, 0.6) is 5.75 Å². The predicted octanol–water partition coefficient (Wildman–Crippen LogP) is 2.62. The Labute approximate surface area is 110 Å². The molecule has 0 aromatic heterocycles. The monoisotopic (exact) mass is 271 g/mol. The largest absolute Gasteiger partial charge is 0.508 e. The number of rotatable bonds is 2. The van der Waals surface area contributed by atoms with Crippen LogP contribution in [0.2, 0.25) is 0 Å². The molecule has 98 valence electrons. The topological polar surface area (TPSA) is 40.5 Å². The summed E-state index contributed by atoms with van der Waals surface area (Å²) in [5.74, 6) is -0.400. The number of benzene rings is 1. The van der Waals surface area contributed by atoms with Gasteiger partial charge >= 0.3 is 0 Å². The lowest BCUT2D eigenvalue weighted by molar-refractivity contribution is 0.0680. The van der Waals surface area contributed by atoms with E-state index >= 15 is 0 Å². The van der Waals surface area contributed by atoms with Gasteiger partial charge in [-0.2, -0.15) is 0 Å². The first-order valence-corrected chi connectivity index (χ1v) is 6.49. The summed E-state index contributed by atoms with van der Waals surface area (Å²) in [6.07, 6.45) is 1.90. The zero-order chi connectivity index (χ0) is 13.1. The summed E-state index contributed by atoms with van der Waals surface area (Å²) >= 11 is 5.80. The molecule has 1 aromatic rings. The molecule has 0 saturated carbocycles. The van der Waals surface area contributed by atoms with Gasteiger partial charge in [-0.15, -0.1) is 11.6 Å². The summed E-state index contributed by atoms with van der Waals surface area (Å²) in [6, 6.07) is 3.59. The Morgan fingerprint density at radius 2 is 2.33 bits per heavy atom. The van der Waals surface area contributed by atoms with Gasteiger partial charge in [-0.3, -0.25) is 4.79 Å². The van der Waals surface area contributed by atoms with E-state index in [-0.39, 0.29) is 23.1 Å². The molecule has 1 unspecified atom stereocenters. The number of phenolic OH excluding ortho intramolecular Hbond substituents is 1. The van der Waals surface area contributed by atoms with E-state index in [1.165, 1.54) is 12.1 Å². The van der Waals surface area contributed by atoms with Crippen LogP contribution in [0.15, 0.2) is 18.2 Å². The van der Waals surface area contributed by atoms with E-state index < -0.39 is 5.82 Å². The highest BCUT2D eigenvalue weighted by Gasteiger charge is 2.25. The van der Waals surface area contributed by atoms with Crippen molar-refractivity contribution in [3.8, 4) is 5.75 Å². The molecule has 0 spiro atoms. The van der Waals surface area contributed by atoms with Crippen LogP contribution in [0, 0.1) is 11.7 Å². The summed E-state index contributed by atoms with van der Waals surface area (Å²) in [5.41, 5.74) is 0.00280. The SMILES string of the molecule is O=C(c1ccc(O)cc1F)N1CCCC(CCl)C1. The second-order valence-electron chi connectivity index (χ2n) is 4.58. The van der Waals surface area contributed by atoms with Gasteiger partial charge in [-0.1, -0.05) is 0 Å². The maximum atomic E-state index is 13.6. The second-order valence-corrected chi connectivity index (χ2v) is 4.89. The number of hydrogen-bond acceptors (Lipinski definition) is 2. The molecule has 1 fully saturated rings. The average Bonchev–Trinajstić information content (AvgIpc) is 2.38. The molecule has 18 heavy (non-hydrogen) atoms. The zero-order valence-corrected chi connectivity index (χ0v) is 10.7. The van der Waals surface area contributed by atoms with E-state index in [0.717, 1.165) is 18.9 Å². The highest BCUT2D eigenvalue weighted by Crippen LogP contribution is 2.22. The minimum absolute atomic E-state index is 0.00280. The molecule has 1 aliphatic rings. The normalized spacial score (nSPS) is 19.9. The van der Waals surface area contributed by atoms with Gasteiger partial charge in [-0.05, 0) is 30.9 Å². The predicted molar refractivity (Wildman–Crippen MR) is 67.4 cm³/mol. The molecular weight excluding hydrogens is 257 g/mol. The fourth-order valence-corrected chi connectivity index (χ4v) is 2.48. The molecule has 1 N–H and O–H groups in total. The van der Waals surface area contributed by atoms with E-state index in [9.17, 15) is 9.18 Å². The molecule has 1 saturated heterocycles. The maximum absolute atomic E-state index is 13.6. The quantitative estimate of drug-likeness (QED) is 0.840. The van der Waals surface area contributed by atoms with Crippen LogP contribution in [0.3, 0.4) is 0 Å². The first-order valence-electron chi connectivity index (χ1n) is 5.95. The number of nitrogens with zero attached hydrogens (tertiary/aromatic N) is 1. The summed E-state index contributed by atoms with van der Waals surface area (Å²) < 4.78 is 13.6. The van der Waals surface area contributed by atoms with Crippen molar-refractivity contribution in [2.45, 2.75) is 12.8 Å². The van der Waals surface area contributed by atoms with Gasteiger partial charge in [0.2, 0.25) is 0 Å². The molecule has 0 aliphatic carbocycles. The van der Waals surface area contributed by atoms with Crippen molar-refractivity contribution in [1.29, 1.82) is 0 Å². The van der Waals surface area contributed by atoms with E-state index in [4.69, 9.17) is 16.7 Å². The number of aromatic hydroxyl groups is 1. The first-order chi connectivity index (χ1) is 8.61. The van der Waals surface area contributed by atoms with E-state index in [1.54, 1.807) is 4.90 Å². The molecule has 0 radical (unpaired) electrons. The van der Waals surface area contributed by atoms with Gasteiger partial charge < -0.3 is 10.0 Å². The summed E-state index contributed by atoms with van der Waals surface area (Å²) in [5, 5.41) is 9.13. The maximum Gasteiger partial charge on any atom is 0.256 e. The average molecular weight is 272 g/mol. The van der Waals surface area contributed by atoms with Crippen LogP contribution in [0.1, 0.15) is 23.2 Å². The molecule has 1 aromatic carbocycles. The minimum Gasteiger partial charge on any atom is -0.508 e. The number of likely N-dealkylation sites (tertiary alicyclic amines) is 1. The summed E-state index contributed by atoms with van der Waals surface area (Å²) in [7, 11) is 0. The molecular formula is C13H15ClFNO2. The standard InChI is InChI=1S/C13H15ClFNO2/c14-7-9-2-1-5-16(8-9)13(18)11-4-3-10(17)6-12(11)15/h3-4,6,9,17H,1-2,5,7-8H2. The van der Waals surface area contributed by atoms with Gasteiger partial charge in [0.15, 0.2) is 0 Å². The lowest BCUT2D eigenvalue weighted by atomic mass is 9.99. The molecule has 1 atom stereocenters. The highest BCUT2D eigenvalue weighted by molar-refractivity contribution is 6.18. The van der Waals surface area contributed by atoms with Crippen LogP contribution < -0.4 is 0 Å². The Balaban J connectivity index is 2.15. The van der Waals surface area contributed by atoms with E-state index in [2.05, 4.69) is 0 Å². The molecule has 1 amide bonds. The van der Waals surface area contributed by atoms with Crippen molar-refractivity contribution in [3.63, 3.8) is 0 Å². The van der Waals surface area contributed by atoms with Crippen molar-refractivity contribution < 1.29 is 14.3 Å². The van der Waals surface area contributed by atoms with Crippen LogP contribution >= 0.6 is 11.6 Å². The van der Waals surface area contributed by atoms with Crippen molar-refractivity contribution in [3.05, 3.63) is 29.6 Å². The van der Waals surface area contributed by atoms with Crippen LogP contribution in [0.25, 0.3) is 0 Å². The third-order valence-corrected chi connectivity index (χ3v) is 3.64. The molecule has 5 heteroatoms. The molecule has 2 rings (SSSR count). The number of alkyl halides is 1. The number of halogens is 2. The van der Waals surface area contributed by atoms with E-state index in [0.29, 0.717) is 19.0 Å². The lowest BCUT2D eigenvalue weighted by Gasteiger charge is -2.31. The highest BCUT2D eigenvalue weighted by atomic mass is 35.5. The molecule has 1 aliphatic heterocycles. The Morgan fingerprint density at radius 3 is 3.00 bits per heavy atom. The van der Waals surface area contributed by atoms with Crippen molar-refractivity contribution in [2.75, 3.05) is 19.0 Å². The third-order valence-electron chi connectivity index (χ3n) is 3.21. The smallest absolute Gasteiger partial charge is 0.256 e. The first kappa shape index (κ1) is 13.1. The number of amides is 1. The molecule has 1 heterocycles. The number of carbonyl (C=O) groups excluding carboxylic acids is 1. The van der Waals surface area contributed by atoms with Gasteiger partial charge in [0.25, 0.3) is 5.91 Å². The van der Waals surface area contributed by atoms with Gasteiger partial charge in [-0.25, -0.2) is 4.39 Å². The van der Waals surface area contributed by atoms with Crippen LogP contribution in [-0.2, 0) is 0 Å². The van der Waals surface area contributed by atoms with Crippen LogP contribution in [-0.4, -0.2) is 34.9 Å². The Morgan fingerprint density at radius 1 is 1.56 bits per heavy atom. The minimum atomic E-state index is -0.687. The van der Waals surface area contributed by atoms with Crippen molar-refractivity contribution in [1.82, 2.24) is 4.90 Å². The second kappa shape index (κ2) is 5.57. The fourth-order valence-electron chi connectivity index (χ4n) is 2.22. The zero-order valence-electron chi connectivity index (χ0n) is 9.90. The van der Waals surface area contributed by atoms with E-state index in [1.807, 2.05) is 0 Å². The molecule has 3 nitrogen and oxygen atoms in total. The van der Waals surface area contributed by atoms with Gasteiger partial charge in [0.1, 0.15) is 11.6 Å². The Kier molecular flexibility index (Phi) is 4.07. The lowest BCUT2D eigenvalue weighted by Crippen LogP contribution is -2.40. The van der Waals surface area contributed by atoms with Crippen molar-refractivity contribution in [2.24, 2.45) is 5.92 Å². The van der Waals surface area contributed by atoms with Gasteiger partial charge in [0, 0.05) is 25.0 Å². The number of phenols is 1. The molecule has 0 bridgehead atoms. The Hall–Kier alpha value is -1.29. The van der Waals surface area contributed by atoms with Crippen LogP contribution in [0.4, 0.5) is 4.39 Å². The Bertz CT molecular complexity index is 453. The van der Waals surface area contributed by atoms with Gasteiger partial charge in [0.05, 0.1) is 5.56 Å². The summed E-state index contributed by atoms with van der Waals surface area (Å²) in [6.45, 7) is 1.20. The number of hydrogen-bond donors (Lipinski definition) is 1. The fraction of sp³-hybridized carbons (Fsp3) is 0.462. The number of carbonyl (C=O) groups is 1.